The standard InChI is InChI=1S/C26H23NO4/c1-30-25(28)23-21-17-11-5-7-13-19(17)22(20-14-8-6-12-18(20)21)24(23)27-26(29)31-15-16-9-3-2-4-10-16/h2-14,21-24H,15H2,1H3,(H,27,29)/t21-,22+,23-,24+/m1/s1. The molecule has 0 heterocycles. The minimum absolute atomic E-state index is 0.147. The van der Waals surface area contributed by atoms with Crippen molar-refractivity contribution in [3.63, 3.8) is 0 Å². The SMILES string of the molecule is COC(=O)[C@@H]1[C@H]2c3ccccc3[C@H](c3ccccc32)[C@@H]1NC(=O)OCc1ccccc1. The predicted octanol–water partition coefficient (Wildman–Crippen LogP) is 4.36. The first kappa shape index (κ1) is 19.4. The summed E-state index contributed by atoms with van der Waals surface area (Å²) in [4.78, 5) is 25.7. The molecule has 3 aliphatic rings. The molecule has 1 N–H and O–H groups in total. The van der Waals surface area contributed by atoms with E-state index in [0.717, 1.165) is 27.8 Å². The van der Waals surface area contributed by atoms with Crippen LogP contribution in [-0.4, -0.2) is 25.2 Å². The van der Waals surface area contributed by atoms with E-state index in [2.05, 4.69) is 29.6 Å². The van der Waals surface area contributed by atoms with E-state index in [1.165, 1.54) is 7.11 Å². The smallest absolute Gasteiger partial charge is 0.407 e. The maximum absolute atomic E-state index is 12.9. The molecule has 6 rings (SSSR count). The number of carbonyl (C=O) groups excluding carboxylic acids is 2. The zero-order chi connectivity index (χ0) is 21.4. The first-order valence-corrected chi connectivity index (χ1v) is 10.4. The second kappa shape index (κ2) is 7.91. The molecule has 3 aromatic rings. The van der Waals surface area contributed by atoms with Gasteiger partial charge in [0.2, 0.25) is 0 Å². The summed E-state index contributed by atoms with van der Waals surface area (Å²) in [7, 11) is 1.40. The van der Waals surface area contributed by atoms with E-state index in [1.807, 2.05) is 54.6 Å². The van der Waals surface area contributed by atoms with Crippen LogP contribution in [0.2, 0.25) is 0 Å². The number of hydrogen-bond donors (Lipinski definition) is 1. The van der Waals surface area contributed by atoms with Crippen LogP contribution in [0.5, 0.6) is 0 Å². The molecular weight excluding hydrogens is 390 g/mol. The van der Waals surface area contributed by atoms with Crippen LogP contribution in [-0.2, 0) is 20.9 Å². The Kier molecular flexibility index (Phi) is 4.94. The topological polar surface area (TPSA) is 64.6 Å². The fraction of sp³-hybridized carbons (Fsp3) is 0.231. The Morgan fingerprint density at radius 2 is 1.29 bits per heavy atom. The Bertz CT molecular complexity index is 1080. The Hall–Kier alpha value is -3.60. The van der Waals surface area contributed by atoms with Crippen molar-refractivity contribution < 1.29 is 19.1 Å². The lowest BCUT2D eigenvalue weighted by molar-refractivity contribution is -0.147. The molecule has 0 fully saturated rings. The van der Waals surface area contributed by atoms with Crippen LogP contribution in [0.3, 0.4) is 0 Å². The van der Waals surface area contributed by atoms with Crippen molar-refractivity contribution in [3.8, 4) is 0 Å². The third-order valence-electron chi connectivity index (χ3n) is 6.41. The molecule has 5 nitrogen and oxygen atoms in total. The number of fused-ring (bicyclic) bond motifs is 1. The van der Waals surface area contributed by atoms with Crippen molar-refractivity contribution in [1.29, 1.82) is 0 Å². The van der Waals surface area contributed by atoms with E-state index >= 15 is 0 Å². The summed E-state index contributed by atoms with van der Waals surface area (Å²) in [6.45, 7) is 0.170. The normalized spacial score (nSPS) is 22.7. The summed E-state index contributed by atoms with van der Waals surface area (Å²) in [5.41, 5.74) is 5.43. The monoisotopic (exact) mass is 413 g/mol. The molecule has 0 unspecified atom stereocenters. The maximum atomic E-state index is 12.9. The molecule has 0 aliphatic heterocycles. The van der Waals surface area contributed by atoms with E-state index in [1.54, 1.807) is 0 Å². The minimum atomic E-state index is -0.537. The van der Waals surface area contributed by atoms with Crippen LogP contribution in [0, 0.1) is 5.92 Å². The molecule has 0 aromatic heterocycles. The quantitative estimate of drug-likeness (QED) is 0.646. The van der Waals surface area contributed by atoms with Crippen LogP contribution in [0.25, 0.3) is 0 Å². The van der Waals surface area contributed by atoms with Crippen molar-refractivity contribution in [3.05, 3.63) is 107 Å². The first-order valence-electron chi connectivity index (χ1n) is 10.4. The first-order chi connectivity index (χ1) is 15.2. The van der Waals surface area contributed by atoms with Crippen molar-refractivity contribution in [2.45, 2.75) is 24.5 Å². The molecule has 5 heteroatoms. The molecule has 2 bridgehead atoms. The largest absolute Gasteiger partial charge is 0.469 e. The lowest BCUT2D eigenvalue weighted by Crippen LogP contribution is -2.55. The molecule has 0 spiro atoms. The van der Waals surface area contributed by atoms with Crippen LogP contribution in [0.4, 0.5) is 4.79 Å². The number of ether oxygens (including phenoxy) is 2. The summed E-state index contributed by atoms with van der Waals surface area (Å²) in [5.74, 6) is -1.17. The van der Waals surface area contributed by atoms with Gasteiger partial charge in [0.05, 0.1) is 19.1 Å². The highest BCUT2D eigenvalue weighted by Crippen LogP contribution is 2.55. The Labute approximate surface area is 181 Å². The number of rotatable bonds is 4. The van der Waals surface area contributed by atoms with Crippen molar-refractivity contribution in [2.75, 3.05) is 7.11 Å². The molecule has 31 heavy (non-hydrogen) atoms. The maximum Gasteiger partial charge on any atom is 0.407 e. The van der Waals surface area contributed by atoms with E-state index < -0.39 is 18.1 Å². The summed E-state index contributed by atoms with van der Waals surface area (Å²) < 4.78 is 10.7. The predicted molar refractivity (Wildman–Crippen MR) is 116 cm³/mol. The van der Waals surface area contributed by atoms with Gasteiger partial charge in [-0.2, -0.15) is 0 Å². The van der Waals surface area contributed by atoms with Gasteiger partial charge in [0.15, 0.2) is 0 Å². The summed E-state index contributed by atoms with van der Waals surface area (Å²) in [6, 6.07) is 25.4. The number of alkyl carbamates (subject to hydrolysis) is 1. The minimum Gasteiger partial charge on any atom is -0.469 e. The highest BCUT2D eigenvalue weighted by atomic mass is 16.5. The molecule has 0 radical (unpaired) electrons. The second-order valence-corrected chi connectivity index (χ2v) is 7.99. The van der Waals surface area contributed by atoms with Gasteiger partial charge in [-0.25, -0.2) is 4.79 Å². The highest BCUT2D eigenvalue weighted by molar-refractivity contribution is 5.81. The molecule has 3 aromatic carbocycles. The highest BCUT2D eigenvalue weighted by Gasteiger charge is 2.53. The Balaban J connectivity index is 1.50. The zero-order valence-corrected chi connectivity index (χ0v) is 17.2. The van der Waals surface area contributed by atoms with E-state index in [0.29, 0.717) is 0 Å². The number of benzene rings is 3. The van der Waals surface area contributed by atoms with Crippen molar-refractivity contribution >= 4 is 12.1 Å². The Morgan fingerprint density at radius 3 is 1.84 bits per heavy atom. The van der Waals surface area contributed by atoms with Gasteiger partial charge in [-0.1, -0.05) is 78.9 Å². The van der Waals surface area contributed by atoms with E-state index in [9.17, 15) is 9.59 Å². The van der Waals surface area contributed by atoms with Crippen LogP contribution < -0.4 is 5.32 Å². The van der Waals surface area contributed by atoms with Crippen LogP contribution >= 0.6 is 0 Å². The molecule has 1 amide bonds. The fourth-order valence-electron chi connectivity index (χ4n) is 5.17. The van der Waals surface area contributed by atoms with E-state index in [4.69, 9.17) is 9.47 Å². The van der Waals surface area contributed by atoms with Crippen LogP contribution in [0.15, 0.2) is 78.9 Å². The number of hydrogen-bond acceptors (Lipinski definition) is 4. The third-order valence-corrected chi connectivity index (χ3v) is 6.41. The third kappa shape index (κ3) is 3.26. The van der Waals surface area contributed by atoms with Gasteiger partial charge in [0.25, 0.3) is 0 Å². The van der Waals surface area contributed by atoms with Gasteiger partial charge in [-0.3, -0.25) is 4.79 Å². The lowest BCUT2D eigenvalue weighted by Gasteiger charge is -2.49. The van der Waals surface area contributed by atoms with E-state index in [-0.39, 0.29) is 24.4 Å². The van der Waals surface area contributed by atoms with Gasteiger partial charge in [0, 0.05) is 11.8 Å². The molecule has 0 saturated carbocycles. The van der Waals surface area contributed by atoms with Crippen molar-refractivity contribution in [1.82, 2.24) is 5.32 Å². The molecule has 3 aliphatic carbocycles. The second-order valence-electron chi connectivity index (χ2n) is 7.99. The number of esters is 1. The fourth-order valence-corrected chi connectivity index (χ4v) is 5.17. The van der Waals surface area contributed by atoms with Gasteiger partial charge >= 0.3 is 12.1 Å². The van der Waals surface area contributed by atoms with Gasteiger partial charge in [-0.05, 0) is 27.8 Å². The number of carbonyl (C=O) groups is 2. The number of amides is 1. The Morgan fingerprint density at radius 1 is 0.774 bits per heavy atom. The van der Waals surface area contributed by atoms with Gasteiger partial charge in [-0.15, -0.1) is 0 Å². The van der Waals surface area contributed by atoms with Crippen LogP contribution in [0.1, 0.15) is 39.7 Å². The molecule has 156 valence electrons. The summed E-state index contributed by atoms with van der Waals surface area (Å²) in [5, 5.41) is 3.01. The average molecular weight is 413 g/mol. The summed E-state index contributed by atoms with van der Waals surface area (Å²) in [6.07, 6.45) is -0.537. The van der Waals surface area contributed by atoms with Crippen molar-refractivity contribution in [2.24, 2.45) is 5.92 Å². The lowest BCUT2D eigenvalue weighted by atomic mass is 9.56. The zero-order valence-electron chi connectivity index (χ0n) is 17.2. The molecule has 2 atom stereocenters. The average Bonchev–Trinajstić information content (AvgIpc) is 2.83. The number of nitrogens with one attached hydrogen (secondary N) is 1. The summed E-state index contributed by atoms with van der Waals surface area (Å²) >= 11 is 0. The number of methoxy groups -OCH3 is 1. The molecular formula is C26H23NO4. The van der Waals surface area contributed by atoms with Gasteiger partial charge < -0.3 is 14.8 Å². The molecule has 0 saturated heterocycles. The van der Waals surface area contributed by atoms with Gasteiger partial charge in [0.1, 0.15) is 6.61 Å².